The molecule has 0 aliphatic carbocycles. The minimum atomic E-state index is -4.23. The molecular formula is C27H26N2O7S. The Bertz CT molecular complexity index is 1570. The molecule has 0 saturated carbocycles. The number of methoxy groups -OCH3 is 3. The van der Waals surface area contributed by atoms with Crippen LogP contribution < -0.4 is 13.8 Å². The third kappa shape index (κ3) is 4.88. The lowest BCUT2D eigenvalue weighted by Gasteiger charge is -2.26. The van der Waals surface area contributed by atoms with Gasteiger partial charge in [0.15, 0.2) is 0 Å². The standard InChI is InChI=1S/C27H26N2O7S/c1-18-9-12-20(13-10-18)37(32,33)29(24-15-19(34-2)11-14-25(24)35-3)17-26(30)28-16-22(27(31)36-4)21-7-5-6-8-23(21)28/h5-16H,17H2,1-4H3. The lowest BCUT2D eigenvalue weighted by atomic mass is 10.2. The maximum Gasteiger partial charge on any atom is 0.340 e. The number of anilines is 1. The van der Waals surface area contributed by atoms with Gasteiger partial charge in [-0.15, -0.1) is 0 Å². The number of hydrogen-bond donors (Lipinski definition) is 0. The summed E-state index contributed by atoms with van der Waals surface area (Å²) in [5.74, 6) is -0.586. The van der Waals surface area contributed by atoms with E-state index in [-0.39, 0.29) is 21.9 Å². The number of sulfonamides is 1. The van der Waals surface area contributed by atoms with Crippen LogP contribution >= 0.6 is 0 Å². The fourth-order valence-corrected chi connectivity index (χ4v) is 5.40. The van der Waals surface area contributed by atoms with Gasteiger partial charge in [0.2, 0.25) is 0 Å². The van der Waals surface area contributed by atoms with Crippen molar-refractivity contribution >= 4 is 38.5 Å². The second kappa shape index (κ2) is 10.4. The highest BCUT2D eigenvalue weighted by atomic mass is 32.2. The molecule has 4 aromatic rings. The number of esters is 1. The molecule has 192 valence electrons. The number of fused-ring (bicyclic) bond motifs is 1. The SMILES string of the molecule is COC(=O)c1cn(C(=O)CN(c2cc(OC)ccc2OC)S(=O)(=O)c2ccc(C)cc2)c2ccccc12. The van der Waals surface area contributed by atoms with Gasteiger partial charge in [0, 0.05) is 17.6 Å². The van der Waals surface area contributed by atoms with Crippen LogP contribution in [0, 0.1) is 6.92 Å². The van der Waals surface area contributed by atoms with Crippen molar-refractivity contribution in [3.05, 3.63) is 84.1 Å². The van der Waals surface area contributed by atoms with Crippen molar-refractivity contribution in [2.24, 2.45) is 0 Å². The first-order chi connectivity index (χ1) is 17.7. The average Bonchev–Trinajstić information content (AvgIpc) is 3.31. The van der Waals surface area contributed by atoms with E-state index in [1.54, 1.807) is 48.5 Å². The van der Waals surface area contributed by atoms with Crippen molar-refractivity contribution in [3.8, 4) is 11.5 Å². The Kier molecular flexibility index (Phi) is 7.21. The molecule has 3 aromatic carbocycles. The second-order valence-electron chi connectivity index (χ2n) is 8.18. The van der Waals surface area contributed by atoms with E-state index >= 15 is 0 Å². The van der Waals surface area contributed by atoms with Crippen molar-refractivity contribution in [2.45, 2.75) is 11.8 Å². The topological polar surface area (TPSA) is 104 Å². The van der Waals surface area contributed by atoms with Crippen LogP contribution in [-0.2, 0) is 14.8 Å². The van der Waals surface area contributed by atoms with Gasteiger partial charge in [-0.2, -0.15) is 0 Å². The molecule has 0 fully saturated rings. The molecular weight excluding hydrogens is 496 g/mol. The summed E-state index contributed by atoms with van der Waals surface area (Å²) in [6.45, 7) is 1.26. The van der Waals surface area contributed by atoms with Crippen molar-refractivity contribution < 1.29 is 32.2 Å². The number of rotatable bonds is 8. The highest BCUT2D eigenvalue weighted by molar-refractivity contribution is 7.92. The highest BCUT2D eigenvalue weighted by Crippen LogP contribution is 2.36. The van der Waals surface area contributed by atoms with E-state index in [0.717, 1.165) is 9.87 Å². The molecule has 4 rings (SSSR count). The van der Waals surface area contributed by atoms with Crippen LogP contribution in [0.5, 0.6) is 11.5 Å². The van der Waals surface area contributed by atoms with Crippen LogP contribution in [0.1, 0.15) is 20.7 Å². The predicted molar refractivity (Wildman–Crippen MR) is 139 cm³/mol. The van der Waals surface area contributed by atoms with E-state index in [4.69, 9.17) is 14.2 Å². The smallest absolute Gasteiger partial charge is 0.340 e. The third-order valence-electron chi connectivity index (χ3n) is 5.93. The Labute approximate surface area is 214 Å². The number of hydrogen-bond acceptors (Lipinski definition) is 7. The van der Waals surface area contributed by atoms with Crippen molar-refractivity contribution in [2.75, 3.05) is 32.2 Å². The fourth-order valence-electron chi connectivity index (χ4n) is 3.99. The Hall–Kier alpha value is -4.31. The van der Waals surface area contributed by atoms with E-state index < -0.39 is 28.4 Å². The number of carbonyl (C=O) groups is 2. The lowest BCUT2D eigenvalue weighted by molar-refractivity contribution is 0.0603. The van der Waals surface area contributed by atoms with Crippen LogP contribution in [0.2, 0.25) is 0 Å². The summed E-state index contributed by atoms with van der Waals surface area (Å²) in [4.78, 5) is 26.0. The maximum atomic E-state index is 13.9. The molecule has 0 saturated heterocycles. The van der Waals surface area contributed by atoms with Gasteiger partial charge >= 0.3 is 5.97 Å². The van der Waals surface area contributed by atoms with Gasteiger partial charge in [0.1, 0.15) is 18.0 Å². The number of aryl methyl sites for hydroxylation is 1. The summed E-state index contributed by atoms with van der Waals surface area (Å²) < 4.78 is 45.6. The van der Waals surface area contributed by atoms with Gasteiger partial charge < -0.3 is 14.2 Å². The van der Waals surface area contributed by atoms with E-state index in [9.17, 15) is 18.0 Å². The first-order valence-corrected chi connectivity index (χ1v) is 12.7. The minimum Gasteiger partial charge on any atom is -0.497 e. The monoisotopic (exact) mass is 522 g/mol. The summed E-state index contributed by atoms with van der Waals surface area (Å²) >= 11 is 0. The van der Waals surface area contributed by atoms with Crippen LogP contribution in [0.15, 0.2) is 77.8 Å². The molecule has 0 radical (unpaired) electrons. The summed E-state index contributed by atoms with van der Waals surface area (Å²) in [6.07, 6.45) is 1.36. The Balaban J connectivity index is 1.87. The van der Waals surface area contributed by atoms with E-state index in [1.807, 2.05) is 6.92 Å². The largest absolute Gasteiger partial charge is 0.497 e. The highest BCUT2D eigenvalue weighted by Gasteiger charge is 2.31. The molecule has 0 aliphatic rings. The number of carbonyl (C=O) groups excluding carboxylic acids is 2. The van der Waals surface area contributed by atoms with Crippen molar-refractivity contribution in [1.29, 1.82) is 0 Å². The number of aromatic nitrogens is 1. The van der Waals surface area contributed by atoms with Gasteiger partial charge in [-0.05, 0) is 37.3 Å². The molecule has 9 nitrogen and oxygen atoms in total. The maximum absolute atomic E-state index is 13.9. The summed E-state index contributed by atoms with van der Waals surface area (Å²) in [6, 6.07) is 17.8. The van der Waals surface area contributed by atoms with Gasteiger partial charge in [-0.25, -0.2) is 13.2 Å². The van der Waals surface area contributed by atoms with Crippen molar-refractivity contribution in [1.82, 2.24) is 4.57 Å². The van der Waals surface area contributed by atoms with Crippen LogP contribution in [-0.4, -0.2) is 52.7 Å². The summed E-state index contributed by atoms with van der Waals surface area (Å²) in [5, 5.41) is 0.509. The molecule has 0 bridgehead atoms. The molecule has 10 heteroatoms. The van der Waals surface area contributed by atoms with E-state index in [0.29, 0.717) is 16.7 Å². The summed E-state index contributed by atoms with van der Waals surface area (Å²) in [7, 11) is -0.113. The fraction of sp³-hybridized carbons (Fsp3) is 0.185. The molecule has 0 N–H and O–H groups in total. The number of benzene rings is 3. The molecule has 0 aliphatic heterocycles. The normalized spacial score (nSPS) is 11.2. The molecule has 0 spiro atoms. The zero-order valence-corrected chi connectivity index (χ0v) is 21.6. The number of nitrogens with zero attached hydrogens (tertiary/aromatic N) is 2. The average molecular weight is 523 g/mol. The molecule has 0 unspecified atom stereocenters. The quantitative estimate of drug-likeness (QED) is 0.318. The minimum absolute atomic E-state index is 0.00314. The van der Waals surface area contributed by atoms with Gasteiger partial charge in [-0.1, -0.05) is 35.9 Å². The number of ether oxygens (including phenoxy) is 3. The molecule has 1 aromatic heterocycles. The Morgan fingerprint density at radius 1 is 0.919 bits per heavy atom. The zero-order chi connectivity index (χ0) is 26.7. The predicted octanol–water partition coefficient (Wildman–Crippen LogP) is 4.29. The zero-order valence-electron chi connectivity index (χ0n) is 20.8. The van der Waals surface area contributed by atoms with Gasteiger partial charge in [0.25, 0.3) is 15.9 Å². The summed E-state index contributed by atoms with van der Waals surface area (Å²) in [5.41, 5.74) is 1.65. The Morgan fingerprint density at radius 3 is 2.27 bits per heavy atom. The second-order valence-corrected chi connectivity index (χ2v) is 10.0. The van der Waals surface area contributed by atoms with Gasteiger partial charge in [0.05, 0.1) is 43.0 Å². The Morgan fingerprint density at radius 2 is 1.62 bits per heavy atom. The lowest BCUT2D eigenvalue weighted by Crippen LogP contribution is -2.38. The molecule has 1 heterocycles. The van der Waals surface area contributed by atoms with Crippen LogP contribution in [0.4, 0.5) is 5.69 Å². The number of para-hydroxylation sites is 1. The van der Waals surface area contributed by atoms with Crippen LogP contribution in [0.25, 0.3) is 10.9 Å². The third-order valence-corrected chi connectivity index (χ3v) is 7.70. The first-order valence-electron chi connectivity index (χ1n) is 11.2. The van der Waals surface area contributed by atoms with Crippen molar-refractivity contribution in [3.63, 3.8) is 0 Å². The molecule has 0 amide bonds. The van der Waals surface area contributed by atoms with Gasteiger partial charge in [-0.3, -0.25) is 13.7 Å². The molecule has 37 heavy (non-hydrogen) atoms. The van der Waals surface area contributed by atoms with E-state index in [1.165, 1.54) is 50.3 Å². The van der Waals surface area contributed by atoms with E-state index in [2.05, 4.69) is 0 Å². The van der Waals surface area contributed by atoms with Crippen LogP contribution in [0.3, 0.4) is 0 Å². The molecule has 0 atom stereocenters. The first kappa shape index (κ1) is 25.8.